The van der Waals surface area contributed by atoms with Gasteiger partial charge in [0.1, 0.15) is 0 Å². The summed E-state index contributed by atoms with van der Waals surface area (Å²) >= 11 is 6.69. The van der Waals surface area contributed by atoms with Crippen molar-refractivity contribution in [1.82, 2.24) is 0 Å². The van der Waals surface area contributed by atoms with E-state index in [0.717, 1.165) is 5.62 Å². The molecule has 0 aromatic heterocycles. The molecule has 0 atom stereocenters. The SMILES string of the molecule is CCCCCCCCP(N)(CCl)(CCCCCCCC)CCCCCCCC. The fourth-order valence-electron chi connectivity index (χ4n) is 4.47. The van der Waals surface area contributed by atoms with E-state index in [4.69, 9.17) is 17.1 Å². The molecule has 28 heavy (non-hydrogen) atoms. The number of unbranched alkanes of at least 4 members (excludes halogenated alkanes) is 15. The number of halogens is 1. The van der Waals surface area contributed by atoms with Gasteiger partial charge >= 0.3 is 184 Å². The van der Waals surface area contributed by atoms with Gasteiger partial charge in [-0.05, 0) is 0 Å². The molecule has 0 saturated heterocycles. The Hall–Kier alpha value is 0.680. The van der Waals surface area contributed by atoms with E-state index in [-0.39, 0.29) is 0 Å². The molecule has 172 valence electrons. The van der Waals surface area contributed by atoms with Crippen LogP contribution in [0.5, 0.6) is 0 Å². The van der Waals surface area contributed by atoms with Crippen molar-refractivity contribution in [2.45, 2.75) is 136 Å². The van der Waals surface area contributed by atoms with Crippen LogP contribution in [0, 0.1) is 0 Å². The van der Waals surface area contributed by atoms with Crippen LogP contribution in [0.4, 0.5) is 0 Å². The first-order valence-corrected chi connectivity index (χ1v) is 16.5. The minimum absolute atomic E-state index is 0.768. The fourth-order valence-corrected chi connectivity index (χ4v) is 9.81. The molecule has 0 heterocycles. The van der Waals surface area contributed by atoms with Gasteiger partial charge in [0.15, 0.2) is 0 Å². The van der Waals surface area contributed by atoms with E-state index in [9.17, 15) is 0 Å². The number of hydrogen-bond donors (Lipinski definition) is 1. The van der Waals surface area contributed by atoms with Crippen LogP contribution in [-0.4, -0.2) is 24.1 Å². The van der Waals surface area contributed by atoms with E-state index >= 15 is 0 Å². The average Bonchev–Trinajstić information content (AvgIpc) is 2.70. The topological polar surface area (TPSA) is 26.0 Å². The molecule has 0 amide bonds. The first kappa shape index (κ1) is 28.7. The molecular weight excluding hydrogens is 381 g/mol. The van der Waals surface area contributed by atoms with Crippen LogP contribution in [0.25, 0.3) is 0 Å². The van der Waals surface area contributed by atoms with Crippen LogP contribution in [0.2, 0.25) is 0 Å². The third-order valence-corrected chi connectivity index (χ3v) is 13.8. The Balaban J connectivity index is 4.51. The molecule has 0 radical (unpaired) electrons. The van der Waals surface area contributed by atoms with E-state index < -0.39 is 6.75 Å². The van der Waals surface area contributed by atoms with Crippen LogP contribution < -0.4 is 5.50 Å². The Morgan fingerprint density at radius 3 is 0.964 bits per heavy atom. The van der Waals surface area contributed by atoms with Gasteiger partial charge in [0.25, 0.3) is 0 Å². The van der Waals surface area contributed by atoms with Gasteiger partial charge in [-0.25, -0.2) is 0 Å². The van der Waals surface area contributed by atoms with Crippen molar-refractivity contribution in [3.05, 3.63) is 0 Å². The van der Waals surface area contributed by atoms with E-state index in [1.54, 1.807) is 0 Å². The molecule has 0 unspecified atom stereocenters. The summed E-state index contributed by atoms with van der Waals surface area (Å²) in [6.45, 7) is 4.68. The molecule has 0 rings (SSSR count). The summed E-state index contributed by atoms with van der Waals surface area (Å²) in [6.07, 6.45) is 28.3. The molecule has 0 aromatic carbocycles. The summed E-state index contributed by atoms with van der Waals surface area (Å²) in [5.74, 6) is 0. The van der Waals surface area contributed by atoms with Gasteiger partial charge in [-0.15, -0.1) is 0 Å². The Morgan fingerprint density at radius 1 is 0.464 bits per heavy atom. The third kappa shape index (κ3) is 14.6. The number of nitrogens with two attached hydrogens (primary N) is 1. The third-order valence-electron chi connectivity index (χ3n) is 6.67. The Labute approximate surface area is 184 Å². The van der Waals surface area contributed by atoms with Crippen LogP contribution in [0.3, 0.4) is 0 Å². The summed E-state index contributed by atoms with van der Waals surface area (Å²) in [4.78, 5) is 0. The molecule has 0 spiro atoms. The predicted octanol–water partition coefficient (Wildman–Crippen LogP) is 9.69. The van der Waals surface area contributed by atoms with E-state index in [0.29, 0.717) is 0 Å². The summed E-state index contributed by atoms with van der Waals surface area (Å²) in [5.41, 5.74) is 8.11. The average molecular weight is 436 g/mol. The zero-order valence-electron chi connectivity index (χ0n) is 20.0. The van der Waals surface area contributed by atoms with Crippen molar-refractivity contribution < 1.29 is 0 Å². The summed E-state index contributed by atoms with van der Waals surface area (Å²) in [6, 6.07) is 0. The van der Waals surface area contributed by atoms with Gasteiger partial charge in [-0.3, -0.25) is 0 Å². The van der Waals surface area contributed by atoms with E-state index in [1.165, 1.54) is 134 Å². The number of hydrogen-bond acceptors (Lipinski definition) is 1. The van der Waals surface area contributed by atoms with Crippen molar-refractivity contribution in [1.29, 1.82) is 0 Å². The fraction of sp³-hybridized carbons (Fsp3) is 1.00. The minimum atomic E-state index is -2.20. The molecule has 0 aliphatic heterocycles. The van der Waals surface area contributed by atoms with Crippen molar-refractivity contribution in [3.63, 3.8) is 0 Å². The maximum absolute atomic E-state index is 7.34. The molecule has 1 nitrogen and oxygen atoms in total. The maximum atomic E-state index is 7.34. The quantitative estimate of drug-likeness (QED) is 0.102. The number of alkyl halides is 1. The summed E-state index contributed by atoms with van der Waals surface area (Å²) in [5, 5.41) is 0. The molecule has 0 aliphatic carbocycles. The van der Waals surface area contributed by atoms with Gasteiger partial charge in [0.2, 0.25) is 0 Å². The monoisotopic (exact) mass is 435 g/mol. The zero-order valence-corrected chi connectivity index (χ0v) is 21.6. The second kappa shape index (κ2) is 18.4. The van der Waals surface area contributed by atoms with Crippen LogP contribution in [0.1, 0.15) is 136 Å². The Morgan fingerprint density at radius 2 is 0.714 bits per heavy atom. The summed E-state index contributed by atoms with van der Waals surface area (Å²) in [7, 11) is 0. The van der Waals surface area contributed by atoms with Gasteiger partial charge in [-0.2, -0.15) is 0 Å². The molecule has 3 heteroatoms. The summed E-state index contributed by atoms with van der Waals surface area (Å²) < 4.78 is 0. The van der Waals surface area contributed by atoms with Crippen molar-refractivity contribution in [3.8, 4) is 0 Å². The zero-order chi connectivity index (χ0) is 21.0. The van der Waals surface area contributed by atoms with E-state index in [1.807, 2.05) is 0 Å². The Kier molecular flexibility index (Phi) is 18.9. The molecule has 0 fully saturated rings. The molecule has 0 saturated carbocycles. The Bertz CT molecular complexity index is 291. The normalized spacial score (nSPS) is 13.5. The van der Waals surface area contributed by atoms with Crippen molar-refractivity contribution in [2.75, 3.05) is 24.1 Å². The van der Waals surface area contributed by atoms with Gasteiger partial charge in [0.05, 0.1) is 0 Å². The van der Waals surface area contributed by atoms with Gasteiger partial charge in [0, 0.05) is 0 Å². The van der Waals surface area contributed by atoms with Crippen LogP contribution >= 0.6 is 18.4 Å². The van der Waals surface area contributed by atoms with Crippen LogP contribution in [-0.2, 0) is 0 Å². The molecular formula is C25H55ClNP. The second-order valence-electron chi connectivity index (χ2n) is 9.67. The van der Waals surface area contributed by atoms with Crippen molar-refractivity contribution in [2.24, 2.45) is 5.50 Å². The first-order chi connectivity index (χ1) is 13.5. The van der Waals surface area contributed by atoms with E-state index in [2.05, 4.69) is 20.8 Å². The first-order valence-electron chi connectivity index (χ1n) is 12.9. The number of rotatable bonds is 22. The van der Waals surface area contributed by atoms with Crippen molar-refractivity contribution >= 4 is 18.4 Å². The van der Waals surface area contributed by atoms with Gasteiger partial charge in [-0.1, -0.05) is 0 Å². The molecule has 2 N–H and O–H groups in total. The second-order valence-corrected chi connectivity index (χ2v) is 16.1. The molecule has 0 aliphatic rings. The predicted molar refractivity (Wildman–Crippen MR) is 137 cm³/mol. The molecule has 0 aromatic rings. The van der Waals surface area contributed by atoms with Crippen LogP contribution in [0.15, 0.2) is 0 Å². The standard InChI is InChI=1S/C25H55ClNP/c1-4-7-10-13-16-19-22-28(27,25-26,23-20-17-14-11-8-5-2)24-21-18-15-12-9-6-3/h4-25,27H2,1-3H3. The van der Waals surface area contributed by atoms with Gasteiger partial charge < -0.3 is 0 Å². The molecule has 0 bridgehead atoms.